The van der Waals surface area contributed by atoms with Crippen LogP contribution in [0.5, 0.6) is 11.5 Å². The molecule has 3 aromatic carbocycles. The van der Waals surface area contributed by atoms with Gasteiger partial charge in [-0.1, -0.05) is 12.1 Å². The second kappa shape index (κ2) is 9.27. The zero-order valence-electron chi connectivity index (χ0n) is 17.9. The van der Waals surface area contributed by atoms with Gasteiger partial charge in [0.05, 0.1) is 21.0 Å². The van der Waals surface area contributed by atoms with Crippen molar-refractivity contribution in [3.8, 4) is 11.5 Å². The van der Waals surface area contributed by atoms with Gasteiger partial charge in [0, 0.05) is 29.3 Å². The number of rotatable bonds is 6. The van der Waals surface area contributed by atoms with Crippen LogP contribution in [0.25, 0.3) is 0 Å². The van der Waals surface area contributed by atoms with Crippen molar-refractivity contribution in [3.63, 3.8) is 0 Å². The fourth-order valence-corrected chi connectivity index (χ4v) is 3.03. The van der Waals surface area contributed by atoms with E-state index >= 15 is 0 Å². The lowest BCUT2D eigenvalue weighted by Crippen LogP contribution is -2.11. The van der Waals surface area contributed by atoms with Gasteiger partial charge in [-0.25, -0.2) is 9.59 Å². The number of nitrogens with zero attached hydrogens (tertiary/aromatic N) is 2. The van der Waals surface area contributed by atoms with Crippen LogP contribution in [-0.4, -0.2) is 21.8 Å². The van der Waals surface area contributed by atoms with Gasteiger partial charge in [-0.05, 0) is 50.6 Å². The van der Waals surface area contributed by atoms with Crippen LogP contribution in [0.15, 0.2) is 54.6 Å². The Morgan fingerprint density at radius 2 is 1.06 bits per heavy atom. The van der Waals surface area contributed by atoms with Crippen molar-refractivity contribution < 1.29 is 28.9 Å². The highest BCUT2D eigenvalue weighted by atomic mass is 16.6. The summed E-state index contributed by atoms with van der Waals surface area (Å²) in [5.41, 5.74) is 0.952. The van der Waals surface area contributed by atoms with Gasteiger partial charge in [-0.15, -0.1) is 0 Å². The molecule has 10 heteroatoms. The number of carbonyl (C=O) groups excluding carboxylic acids is 2. The van der Waals surface area contributed by atoms with E-state index in [2.05, 4.69) is 0 Å². The third kappa shape index (κ3) is 5.37. The molecule has 0 spiro atoms. The van der Waals surface area contributed by atoms with Gasteiger partial charge in [0.15, 0.2) is 0 Å². The Kier molecular flexibility index (Phi) is 6.48. The molecule has 0 radical (unpaired) electrons. The molecule has 0 heterocycles. The predicted octanol–water partition coefficient (Wildman–Crippen LogP) is 4.87. The summed E-state index contributed by atoms with van der Waals surface area (Å²) in [7, 11) is 0. The van der Waals surface area contributed by atoms with Gasteiger partial charge in [0.2, 0.25) is 0 Å². The van der Waals surface area contributed by atoms with Gasteiger partial charge in [0.1, 0.15) is 11.5 Å². The van der Waals surface area contributed by atoms with Crippen molar-refractivity contribution in [2.24, 2.45) is 0 Å². The maximum Gasteiger partial charge on any atom is 0.343 e. The van der Waals surface area contributed by atoms with E-state index in [9.17, 15) is 29.8 Å². The molecule has 0 aliphatic rings. The first-order valence-electron chi connectivity index (χ1n) is 9.61. The smallest absolute Gasteiger partial charge is 0.343 e. The van der Waals surface area contributed by atoms with E-state index in [1.54, 1.807) is 20.8 Å². The normalized spacial score (nSPS) is 10.4. The largest absolute Gasteiger partial charge is 0.423 e. The molecular formula is C23H18N2O8. The first-order valence-corrected chi connectivity index (χ1v) is 9.61. The molecule has 3 rings (SSSR count). The Labute approximate surface area is 187 Å². The lowest BCUT2D eigenvalue weighted by atomic mass is 10.1. The minimum atomic E-state index is -0.824. The lowest BCUT2D eigenvalue weighted by Gasteiger charge is -2.10. The molecule has 0 atom stereocenters. The van der Waals surface area contributed by atoms with Crippen LogP contribution >= 0.6 is 0 Å². The summed E-state index contributed by atoms with van der Waals surface area (Å²) in [6.45, 7) is 4.79. The second-order valence-electron chi connectivity index (χ2n) is 7.28. The maximum absolute atomic E-state index is 12.5. The van der Waals surface area contributed by atoms with Crippen molar-refractivity contribution in [1.29, 1.82) is 0 Å². The van der Waals surface area contributed by atoms with Gasteiger partial charge in [-0.3, -0.25) is 20.2 Å². The standard InChI is InChI=1S/C23H18N2O8/c1-13-8-18(32-22(26)16-6-4-14(2)20(10-16)24(28)29)12-19(9-13)33-23(27)17-7-5-15(3)21(11-17)25(30)31/h4-12H,1-3H3. The minimum absolute atomic E-state index is 0.0145. The number of esters is 2. The summed E-state index contributed by atoms with van der Waals surface area (Å²) >= 11 is 0. The summed E-state index contributed by atoms with van der Waals surface area (Å²) in [5, 5.41) is 22.2. The van der Waals surface area contributed by atoms with Crippen molar-refractivity contribution >= 4 is 23.3 Å². The number of ether oxygens (including phenoxy) is 2. The topological polar surface area (TPSA) is 139 Å². The molecule has 0 fully saturated rings. The fourth-order valence-electron chi connectivity index (χ4n) is 3.03. The SMILES string of the molecule is Cc1cc(OC(=O)c2ccc(C)c([N+](=O)[O-])c2)cc(OC(=O)c2ccc(C)c([N+](=O)[O-])c2)c1. The predicted molar refractivity (Wildman–Crippen MR) is 117 cm³/mol. The van der Waals surface area contributed by atoms with Crippen LogP contribution in [0.4, 0.5) is 11.4 Å². The Morgan fingerprint density at radius 3 is 1.42 bits per heavy atom. The molecule has 168 valence electrons. The van der Waals surface area contributed by atoms with Crippen molar-refractivity contribution in [1.82, 2.24) is 0 Å². The van der Waals surface area contributed by atoms with Crippen LogP contribution in [0.3, 0.4) is 0 Å². The van der Waals surface area contributed by atoms with Crippen molar-refractivity contribution in [2.75, 3.05) is 0 Å². The number of hydrogen-bond donors (Lipinski definition) is 0. The van der Waals surface area contributed by atoms with E-state index in [-0.39, 0.29) is 34.0 Å². The molecule has 0 saturated carbocycles. The number of hydrogen-bond acceptors (Lipinski definition) is 8. The number of nitro benzene ring substituents is 2. The van der Waals surface area contributed by atoms with Gasteiger partial charge in [-0.2, -0.15) is 0 Å². The zero-order chi connectivity index (χ0) is 24.3. The summed E-state index contributed by atoms with van der Waals surface area (Å²) in [6.07, 6.45) is 0. The monoisotopic (exact) mass is 450 g/mol. The van der Waals surface area contributed by atoms with E-state index in [0.29, 0.717) is 16.7 Å². The average Bonchev–Trinajstić information content (AvgIpc) is 2.73. The van der Waals surface area contributed by atoms with Crippen molar-refractivity contribution in [2.45, 2.75) is 20.8 Å². The number of carbonyl (C=O) groups is 2. The highest BCUT2D eigenvalue weighted by molar-refractivity contribution is 5.93. The minimum Gasteiger partial charge on any atom is -0.423 e. The quantitative estimate of drug-likeness (QED) is 0.224. The molecule has 3 aromatic rings. The molecule has 10 nitrogen and oxygen atoms in total. The fraction of sp³-hybridized carbons (Fsp3) is 0.130. The van der Waals surface area contributed by atoms with Crippen LogP contribution in [0, 0.1) is 41.0 Å². The summed E-state index contributed by atoms with van der Waals surface area (Å²) in [6, 6.07) is 12.3. The van der Waals surface area contributed by atoms with E-state index in [1.165, 1.54) is 42.5 Å². The zero-order valence-corrected chi connectivity index (χ0v) is 17.9. The molecule has 0 aliphatic carbocycles. The summed E-state index contributed by atoms with van der Waals surface area (Å²) < 4.78 is 10.6. The average molecular weight is 450 g/mol. The molecular weight excluding hydrogens is 432 g/mol. The Hall–Kier alpha value is -4.60. The van der Waals surface area contributed by atoms with Crippen LogP contribution < -0.4 is 9.47 Å². The molecule has 0 aromatic heterocycles. The molecule has 0 bridgehead atoms. The van der Waals surface area contributed by atoms with Crippen LogP contribution in [0.1, 0.15) is 37.4 Å². The number of nitro groups is 2. The Bertz CT molecular complexity index is 1200. The van der Waals surface area contributed by atoms with Gasteiger partial charge >= 0.3 is 11.9 Å². The Morgan fingerprint density at radius 1 is 0.667 bits per heavy atom. The van der Waals surface area contributed by atoms with E-state index < -0.39 is 21.8 Å². The third-order valence-corrected chi connectivity index (χ3v) is 4.73. The van der Waals surface area contributed by atoms with E-state index in [4.69, 9.17) is 9.47 Å². The molecule has 0 saturated heterocycles. The maximum atomic E-state index is 12.5. The first-order chi connectivity index (χ1) is 15.5. The van der Waals surface area contributed by atoms with Gasteiger partial charge in [0.25, 0.3) is 11.4 Å². The Balaban J connectivity index is 1.81. The number of aryl methyl sites for hydroxylation is 3. The van der Waals surface area contributed by atoms with E-state index in [0.717, 1.165) is 12.1 Å². The molecule has 0 unspecified atom stereocenters. The first kappa shape index (κ1) is 23.1. The lowest BCUT2D eigenvalue weighted by molar-refractivity contribution is -0.385. The third-order valence-electron chi connectivity index (χ3n) is 4.73. The van der Waals surface area contributed by atoms with Crippen molar-refractivity contribution in [3.05, 3.63) is 103 Å². The molecule has 33 heavy (non-hydrogen) atoms. The van der Waals surface area contributed by atoms with Crippen LogP contribution in [-0.2, 0) is 0 Å². The molecule has 0 amide bonds. The van der Waals surface area contributed by atoms with Crippen LogP contribution in [0.2, 0.25) is 0 Å². The van der Waals surface area contributed by atoms with E-state index in [1.807, 2.05) is 0 Å². The summed E-state index contributed by atoms with van der Waals surface area (Å²) in [5.74, 6) is -1.54. The summed E-state index contributed by atoms with van der Waals surface area (Å²) in [4.78, 5) is 46.0. The highest BCUT2D eigenvalue weighted by Gasteiger charge is 2.19. The highest BCUT2D eigenvalue weighted by Crippen LogP contribution is 2.26. The number of benzene rings is 3. The second-order valence-corrected chi connectivity index (χ2v) is 7.28. The van der Waals surface area contributed by atoms with Gasteiger partial charge < -0.3 is 9.47 Å². The molecule has 0 aliphatic heterocycles. The molecule has 0 N–H and O–H groups in total.